The van der Waals surface area contributed by atoms with Gasteiger partial charge in [0.25, 0.3) is 10.1 Å². The third-order valence-corrected chi connectivity index (χ3v) is 1.92. The summed E-state index contributed by atoms with van der Waals surface area (Å²) in [7, 11) is -3.66. The van der Waals surface area contributed by atoms with Crippen LogP contribution < -0.4 is 0 Å². The molecule has 3 nitrogen and oxygen atoms in total. The van der Waals surface area contributed by atoms with Crippen LogP contribution in [-0.2, 0) is 10.1 Å². The zero-order valence-electron chi connectivity index (χ0n) is 7.44. The van der Waals surface area contributed by atoms with Crippen molar-refractivity contribution < 1.29 is 21.8 Å². The van der Waals surface area contributed by atoms with Crippen molar-refractivity contribution in [3.05, 3.63) is 35.9 Å². The van der Waals surface area contributed by atoms with Crippen LogP contribution in [0.15, 0.2) is 24.3 Å². The van der Waals surface area contributed by atoms with Crippen LogP contribution in [0.25, 0.3) is 0 Å². The molecule has 6 heteroatoms. The van der Waals surface area contributed by atoms with Gasteiger partial charge in [-0.15, -0.1) is 0 Å². The lowest BCUT2D eigenvalue weighted by molar-refractivity contribution is 0.484. The Morgan fingerprint density at radius 3 is 1.64 bits per heavy atom. The first kappa shape index (κ1) is 13.0. The summed E-state index contributed by atoms with van der Waals surface area (Å²) in [5.74, 6) is -1.80. The van der Waals surface area contributed by atoms with Crippen LogP contribution in [0.3, 0.4) is 0 Å². The second-order valence-corrected chi connectivity index (χ2v) is 4.03. The van der Waals surface area contributed by atoms with Gasteiger partial charge in [-0.05, 0) is 19.1 Å². The van der Waals surface area contributed by atoms with Gasteiger partial charge in [0.05, 0.1) is 5.75 Å². The summed E-state index contributed by atoms with van der Waals surface area (Å²) in [6.45, 7) is 1.37. The van der Waals surface area contributed by atoms with Crippen LogP contribution in [0.1, 0.15) is 6.92 Å². The van der Waals surface area contributed by atoms with Gasteiger partial charge < -0.3 is 0 Å². The number of rotatable bonds is 1. The van der Waals surface area contributed by atoms with Crippen molar-refractivity contribution in [3.63, 3.8) is 0 Å². The summed E-state index contributed by atoms with van der Waals surface area (Å²) < 4.78 is 50.8. The first-order valence-electron chi connectivity index (χ1n) is 3.72. The maximum atomic E-state index is 11.9. The second kappa shape index (κ2) is 5.66. The molecule has 80 valence electrons. The van der Waals surface area contributed by atoms with E-state index in [0.717, 1.165) is 12.1 Å². The van der Waals surface area contributed by atoms with Crippen LogP contribution in [0.4, 0.5) is 8.78 Å². The Bertz CT molecular complexity index is 355. The van der Waals surface area contributed by atoms with E-state index in [-0.39, 0.29) is 5.75 Å². The van der Waals surface area contributed by atoms with Gasteiger partial charge in [-0.3, -0.25) is 4.55 Å². The molecule has 0 atom stereocenters. The van der Waals surface area contributed by atoms with Crippen molar-refractivity contribution in [1.29, 1.82) is 0 Å². The van der Waals surface area contributed by atoms with Crippen LogP contribution in [0.5, 0.6) is 0 Å². The van der Waals surface area contributed by atoms with E-state index in [1.165, 1.54) is 19.1 Å². The zero-order chi connectivity index (χ0) is 11.2. The lowest BCUT2D eigenvalue weighted by Crippen LogP contribution is -1.97. The first-order chi connectivity index (χ1) is 6.37. The zero-order valence-corrected chi connectivity index (χ0v) is 8.26. The molecular formula is C8H10F2O3S. The minimum absolute atomic E-state index is 0.201. The molecule has 0 aromatic heterocycles. The largest absolute Gasteiger partial charge is 0.286 e. The van der Waals surface area contributed by atoms with E-state index in [2.05, 4.69) is 0 Å². The van der Waals surface area contributed by atoms with Gasteiger partial charge in [0.2, 0.25) is 0 Å². The minimum Gasteiger partial charge on any atom is -0.286 e. The molecule has 0 aliphatic heterocycles. The Hall–Kier alpha value is -1.01. The average molecular weight is 224 g/mol. The molecule has 0 radical (unpaired) electrons. The topological polar surface area (TPSA) is 54.4 Å². The molecule has 0 spiro atoms. The average Bonchev–Trinajstić information content (AvgIpc) is 2.10. The highest BCUT2D eigenvalue weighted by atomic mass is 32.2. The summed E-state index contributed by atoms with van der Waals surface area (Å²) in [5, 5.41) is 0. The monoisotopic (exact) mass is 224 g/mol. The summed E-state index contributed by atoms with van der Waals surface area (Å²) in [5.41, 5.74) is 0. The van der Waals surface area contributed by atoms with Crippen molar-refractivity contribution in [2.24, 2.45) is 0 Å². The van der Waals surface area contributed by atoms with Gasteiger partial charge in [-0.2, -0.15) is 8.42 Å². The molecule has 1 N–H and O–H groups in total. The fraction of sp³-hybridized carbons (Fsp3) is 0.250. The molecule has 0 aliphatic rings. The molecule has 0 amide bonds. The molecule has 0 saturated carbocycles. The lowest BCUT2D eigenvalue weighted by atomic mass is 10.3. The molecule has 0 heterocycles. The van der Waals surface area contributed by atoms with E-state index in [1.807, 2.05) is 0 Å². The minimum atomic E-state index is -3.66. The Morgan fingerprint density at radius 2 is 1.50 bits per heavy atom. The highest BCUT2D eigenvalue weighted by Crippen LogP contribution is 2.01. The van der Waals surface area contributed by atoms with E-state index >= 15 is 0 Å². The quantitative estimate of drug-likeness (QED) is 0.741. The number of hydrogen-bond acceptors (Lipinski definition) is 2. The molecule has 1 rings (SSSR count). The van der Waals surface area contributed by atoms with Crippen LogP contribution in [-0.4, -0.2) is 18.7 Å². The predicted molar refractivity (Wildman–Crippen MR) is 48.4 cm³/mol. The predicted octanol–water partition coefficient (Wildman–Crippen LogP) is 1.86. The molecule has 0 bridgehead atoms. The molecule has 1 aromatic carbocycles. The van der Waals surface area contributed by atoms with E-state index in [4.69, 9.17) is 4.55 Å². The Labute approximate surface area is 81.1 Å². The first-order valence-corrected chi connectivity index (χ1v) is 5.33. The van der Waals surface area contributed by atoms with Gasteiger partial charge in [0, 0.05) is 0 Å². The third kappa shape index (κ3) is 6.50. The molecule has 1 aromatic rings. The molecule has 0 aliphatic carbocycles. The fourth-order valence-electron chi connectivity index (χ4n) is 0.439. The van der Waals surface area contributed by atoms with Crippen LogP contribution in [0.2, 0.25) is 0 Å². The molecule has 14 heavy (non-hydrogen) atoms. The van der Waals surface area contributed by atoms with Gasteiger partial charge >= 0.3 is 0 Å². The maximum Gasteiger partial charge on any atom is 0.264 e. The fourth-order valence-corrected chi connectivity index (χ4v) is 0.439. The summed E-state index contributed by atoms with van der Waals surface area (Å²) in [6.07, 6.45) is 0. The van der Waals surface area contributed by atoms with E-state index in [0.29, 0.717) is 0 Å². The van der Waals surface area contributed by atoms with Crippen molar-refractivity contribution in [2.45, 2.75) is 6.92 Å². The highest BCUT2D eigenvalue weighted by molar-refractivity contribution is 7.85. The van der Waals surface area contributed by atoms with Crippen molar-refractivity contribution >= 4 is 10.1 Å². The van der Waals surface area contributed by atoms with Crippen LogP contribution in [0, 0.1) is 11.6 Å². The summed E-state index contributed by atoms with van der Waals surface area (Å²) in [6, 6.07) is 5.04. The molecule has 0 unspecified atom stereocenters. The second-order valence-electron chi connectivity index (χ2n) is 2.28. The Kier molecular flexibility index (Phi) is 5.26. The van der Waals surface area contributed by atoms with Gasteiger partial charge in [-0.25, -0.2) is 8.78 Å². The number of hydrogen-bond donors (Lipinski definition) is 1. The molecular weight excluding hydrogens is 214 g/mol. The Balaban J connectivity index is 0.000000255. The normalized spacial score (nSPS) is 10.3. The van der Waals surface area contributed by atoms with Gasteiger partial charge in [-0.1, -0.05) is 12.1 Å². The number of benzene rings is 1. The summed E-state index contributed by atoms with van der Waals surface area (Å²) in [4.78, 5) is 0. The maximum absolute atomic E-state index is 11.9. The smallest absolute Gasteiger partial charge is 0.264 e. The number of halogens is 2. The SMILES string of the molecule is CCS(=O)(=O)O.Fc1ccccc1F. The third-order valence-electron chi connectivity index (χ3n) is 1.19. The van der Waals surface area contributed by atoms with Crippen LogP contribution >= 0.6 is 0 Å². The van der Waals surface area contributed by atoms with E-state index in [1.54, 1.807) is 0 Å². The molecule has 0 fully saturated rings. The lowest BCUT2D eigenvalue weighted by Gasteiger charge is -1.85. The Morgan fingerprint density at radius 1 is 1.21 bits per heavy atom. The van der Waals surface area contributed by atoms with Crippen molar-refractivity contribution in [1.82, 2.24) is 0 Å². The van der Waals surface area contributed by atoms with Crippen molar-refractivity contribution in [2.75, 3.05) is 5.75 Å². The van der Waals surface area contributed by atoms with E-state index < -0.39 is 21.8 Å². The van der Waals surface area contributed by atoms with E-state index in [9.17, 15) is 17.2 Å². The standard InChI is InChI=1S/C6H4F2.C2H6O3S/c7-5-3-1-2-4-6(5)8;1-2-6(3,4)5/h1-4H;2H2,1H3,(H,3,4,5). The van der Waals surface area contributed by atoms with Gasteiger partial charge in [0.1, 0.15) is 0 Å². The van der Waals surface area contributed by atoms with Crippen molar-refractivity contribution in [3.8, 4) is 0 Å². The highest BCUT2D eigenvalue weighted by Gasteiger charge is 1.94. The molecule has 0 saturated heterocycles. The summed E-state index contributed by atoms with van der Waals surface area (Å²) >= 11 is 0. The van der Waals surface area contributed by atoms with Gasteiger partial charge in [0.15, 0.2) is 11.6 Å².